The van der Waals surface area contributed by atoms with Crippen molar-refractivity contribution in [2.45, 2.75) is 108 Å². The summed E-state index contributed by atoms with van der Waals surface area (Å²) in [5.74, 6) is 0.653. The molecule has 7 aromatic rings. The zero-order valence-electron chi connectivity index (χ0n) is 45.3. The first-order valence-corrected chi connectivity index (χ1v) is 42.7. The van der Waals surface area contributed by atoms with Crippen molar-refractivity contribution in [3.63, 3.8) is 0 Å². The zero-order chi connectivity index (χ0) is 56.8. The fourth-order valence-electron chi connectivity index (χ4n) is 6.63. The molecule has 15 heteroatoms. The molecule has 0 aliphatic heterocycles. The number of benzene rings is 7. The van der Waals surface area contributed by atoms with Gasteiger partial charge in [-0.2, -0.15) is 0 Å². The van der Waals surface area contributed by atoms with Crippen molar-refractivity contribution in [3.8, 4) is 0 Å². The third-order valence-electron chi connectivity index (χ3n) is 11.6. The van der Waals surface area contributed by atoms with E-state index in [1.807, 2.05) is 158 Å². The van der Waals surface area contributed by atoms with Gasteiger partial charge in [0.05, 0.1) is 12.3 Å². The van der Waals surface area contributed by atoms with E-state index in [0.717, 1.165) is 33.5 Å². The van der Waals surface area contributed by atoms with E-state index in [-0.39, 0.29) is 45.4 Å². The number of aryl methyl sites for hydroxylation is 1. The van der Waals surface area contributed by atoms with Crippen LogP contribution >= 0.6 is 82.6 Å². The van der Waals surface area contributed by atoms with Crippen LogP contribution in [0.4, 0.5) is 0 Å². The van der Waals surface area contributed by atoms with Crippen molar-refractivity contribution in [2.24, 2.45) is 0 Å². The van der Waals surface area contributed by atoms with Crippen molar-refractivity contribution in [1.29, 1.82) is 0 Å². The molecule has 418 valence electrons. The first kappa shape index (κ1) is 76.4. The van der Waals surface area contributed by atoms with Crippen LogP contribution in [0.3, 0.4) is 0 Å². The van der Waals surface area contributed by atoms with Crippen molar-refractivity contribution < 1.29 is 60.1 Å². The van der Waals surface area contributed by atoms with Crippen LogP contribution in [0.1, 0.15) is 104 Å². The number of rotatable bonds is 11. The van der Waals surface area contributed by atoms with Crippen LogP contribution in [0.5, 0.6) is 0 Å². The van der Waals surface area contributed by atoms with Gasteiger partial charge in [0.15, 0.2) is 16.3 Å². The number of hydrogen-bond acceptors (Lipinski definition) is 3. The minimum Gasteiger partial charge on any atom is -0.0623 e. The van der Waals surface area contributed by atoms with Gasteiger partial charge >= 0.3 is 104 Å². The zero-order valence-corrected chi connectivity index (χ0v) is 58.1. The molecule has 7 rings (SSSR count). The maximum atomic E-state index is 10.1. The molecule has 0 spiro atoms. The van der Waals surface area contributed by atoms with Gasteiger partial charge in [0.1, 0.15) is 29.4 Å². The SMILES string of the molecule is CCCC[PH+](O)CCCC.Cc1c(C)c(C)c(C)c(C)c1C.Cc1ccc(C(C)C)cc1.O[PH+](c1ccccc1)c1ccccc1.O[PH+](c1ccccc1)c1ccccc1.[Cl][Ru][Cl].[Cl][Ru][Cl].[Cl][Ru][Cl].c1ccccc1. The van der Waals surface area contributed by atoms with Gasteiger partial charge in [-0.3, -0.25) is 4.89 Å². The Balaban J connectivity index is 0. The van der Waals surface area contributed by atoms with Crippen molar-refractivity contribution in [2.75, 3.05) is 12.3 Å². The predicted molar refractivity (Wildman–Crippen MR) is 337 cm³/mol. The number of hydrogen-bond donors (Lipinski definition) is 3. The second kappa shape index (κ2) is 51.5. The molecule has 0 atom stereocenters. The summed E-state index contributed by atoms with van der Waals surface area (Å²) in [6.45, 7) is 24.2. The Bertz CT molecular complexity index is 2050. The monoisotopic (exact) mass is 1460 g/mol. The molecule has 0 aliphatic carbocycles. The van der Waals surface area contributed by atoms with E-state index in [9.17, 15) is 14.7 Å². The average Bonchev–Trinajstić information content (AvgIpc) is 3.45. The molecule has 0 radical (unpaired) electrons. The largest absolute Gasteiger partial charge is 0.0623 e. The first-order chi connectivity index (χ1) is 36.0. The Morgan fingerprint density at radius 1 is 0.360 bits per heavy atom. The van der Waals surface area contributed by atoms with Crippen LogP contribution in [-0.4, -0.2) is 27.0 Å². The van der Waals surface area contributed by atoms with Crippen LogP contribution in [0.15, 0.2) is 182 Å². The molecule has 0 aromatic heterocycles. The Morgan fingerprint density at radius 2 is 0.560 bits per heavy atom. The Kier molecular flexibility index (Phi) is 52.4. The van der Waals surface area contributed by atoms with E-state index in [1.165, 1.54) is 70.2 Å². The van der Waals surface area contributed by atoms with Crippen LogP contribution < -0.4 is 21.2 Å². The summed E-state index contributed by atoms with van der Waals surface area (Å²) in [6, 6.07) is 60.0. The molecular formula is C60H82Cl6O3P3Ru3+3. The van der Waals surface area contributed by atoms with Gasteiger partial charge < -0.3 is 0 Å². The van der Waals surface area contributed by atoms with Gasteiger partial charge in [-0.25, -0.2) is 9.79 Å². The van der Waals surface area contributed by atoms with E-state index in [4.69, 9.17) is 58.1 Å². The molecule has 0 saturated heterocycles. The Labute approximate surface area is 505 Å². The summed E-state index contributed by atoms with van der Waals surface area (Å²) in [4.78, 5) is 29.6. The summed E-state index contributed by atoms with van der Waals surface area (Å²) in [7, 11) is 25.1. The maximum absolute atomic E-state index is 10.1. The van der Waals surface area contributed by atoms with E-state index in [2.05, 4.69) is 100 Å². The molecule has 3 nitrogen and oxygen atoms in total. The molecule has 0 amide bonds. The Morgan fingerprint density at radius 3 is 0.747 bits per heavy atom. The van der Waals surface area contributed by atoms with Gasteiger partial charge in [0.2, 0.25) is 0 Å². The normalized spacial score (nSPS) is 9.92. The fourth-order valence-corrected chi connectivity index (χ4v) is 11.1. The van der Waals surface area contributed by atoms with E-state index >= 15 is 0 Å². The summed E-state index contributed by atoms with van der Waals surface area (Å²) in [5.41, 5.74) is 11.5. The third kappa shape index (κ3) is 37.8. The van der Waals surface area contributed by atoms with E-state index in [1.54, 1.807) is 0 Å². The molecular weight excluding hydrogens is 1380 g/mol. The predicted octanol–water partition coefficient (Wildman–Crippen LogP) is 18.7. The quantitative estimate of drug-likeness (QED) is 0.0893. The molecule has 3 N–H and O–H groups in total. The van der Waals surface area contributed by atoms with Crippen LogP contribution in [-0.2, 0) is 45.4 Å². The minimum atomic E-state index is -1.54. The van der Waals surface area contributed by atoms with Crippen molar-refractivity contribution in [1.82, 2.24) is 0 Å². The molecule has 0 unspecified atom stereocenters. The van der Waals surface area contributed by atoms with Crippen molar-refractivity contribution >= 4 is 104 Å². The molecule has 0 heterocycles. The summed E-state index contributed by atoms with van der Waals surface area (Å²) >= 11 is -1.04. The van der Waals surface area contributed by atoms with Crippen molar-refractivity contribution in [3.05, 3.63) is 226 Å². The van der Waals surface area contributed by atoms with Crippen LogP contribution in [0.25, 0.3) is 0 Å². The minimum absolute atomic E-state index is 0.346. The second-order valence-corrected chi connectivity index (χ2v) is 30.8. The van der Waals surface area contributed by atoms with Gasteiger partial charge in [0, 0.05) is 0 Å². The van der Waals surface area contributed by atoms with Gasteiger partial charge in [-0.05, 0) is 155 Å². The maximum Gasteiger partial charge on any atom is -0.0623 e. The molecule has 0 aliphatic rings. The van der Waals surface area contributed by atoms with Gasteiger partial charge in [-0.15, -0.1) is 0 Å². The number of halogens is 6. The van der Waals surface area contributed by atoms with E-state index < -0.39 is 24.4 Å². The molecule has 0 bridgehead atoms. The summed E-state index contributed by atoms with van der Waals surface area (Å²) in [5, 5.41) is 4.12. The topological polar surface area (TPSA) is 60.7 Å². The average molecular weight is 1460 g/mol. The fraction of sp³-hybridized carbons (Fsp3) is 0.300. The molecule has 7 aromatic carbocycles. The standard InChI is InChI=1S/2C12H11OP.C12H18.C10H14.C8H19OP.C6H6.6ClH.3Ru/c2*13-14(11-7-3-1-4-8-11)12-9-5-2-6-10-12;1-7-8(2)10(4)12(6)11(5)9(7)3;1-8(2)10-6-4-9(3)5-7-10;1-3-5-7-10(9)8-6-4-2;1-2-4-6-5-3-1;;;;;;;;;/h2*1-10,13H;1-6H3;4-8H,1-3H3;9H,3-8H2,1-2H3;1-6H;6*1H;;;/q;;;;;;;;;;;;3*+2/p-3. The van der Waals surface area contributed by atoms with E-state index in [0.29, 0.717) is 5.92 Å². The summed E-state index contributed by atoms with van der Waals surface area (Å²) in [6.07, 6.45) is 7.08. The van der Waals surface area contributed by atoms with Crippen LogP contribution in [0, 0.1) is 48.5 Å². The number of unbranched alkanes of at least 4 members (excludes halogenated alkanes) is 2. The first-order valence-electron chi connectivity index (χ1n) is 24.5. The van der Waals surface area contributed by atoms with Gasteiger partial charge in [0.25, 0.3) is 0 Å². The third-order valence-corrected chi connectivity index (χ3v) is 17.0. The molecule has 0 saturated carbocycles. The van der Waals surface area contributed by atoms with Crippen LogP contribution in [0.2, 0.25) is 0 Å². The molecule has 75 heavy (non-hydrogen) atoms. The second-order valence-electron chi connectivity index (χ2n) is 17.1. The Hall–Kier alpha value is -0.680. The molecule has 0 fully saturated rings. The van der Waals surface area contributed by atoms with Gasteiger partial charge in [-0.1, -0.05) is 180 Å². The summed E-state index contributed by atoms with van der Waals surface area (Å²) < 4.78 is 0. The smallest absolute Gasteiger partial charge is 0.0623 e.